The molecule has 4 heteroatoms. The molecule has 1 aromatic rings. The number of aromatic carboxylic acids is 1. The molecule has 1 saturated heterocycles. The van der Waals surface area contributed by atoms with Crippen molar-refractivity contribution in [3.63, 3.8) is 0 Å². The van der Waals surface area contributed by atoms with Gasteiger partial charge in [-0.2, -0.15) is 0 Å². The van der Waals surface area contributed by atoms with E-state index in [4.69, 9.17) is 5.11 Å². The van der Waals surface area contributed by atoms with Gasteiger partial charge in [-0.05, 0) is 31.5 Å². The summed E-state index contributed by atoms with van der Waals surface area (Å²) in [7, 11) is 0. The van der Waals surface area contributed by atoms with Crippen LogP contribution in [0, 0.1) is 0 Å². The highest BCUT2D eigenvalue weighted by Crippen LogP contribution is 2.15. The Hall–Kier alpha value is -1.55. The van der Waals surface area contributed by atoms with Crippen molar-refractivity contribution in [2.45, 2.75) is 25.3 Å². The summed E-state index contributed by atoms with van der Waals surface area (Å²) in [4.78, 5) is 11.0. The highest BCUT2D eigenvalue weighted by atomic mass is 16.4. The quantitative estimate of drug-likeness (QED) is 0.745. The van der Waals surface area contributed by atoms with E-state index in [2.05, 4.69) is 10.6 Å². The maximum Gasteiger partial charge on any atom is 0.337 e. The Balaban J connectivity index is 1.96. The minimum absolute atomic E-state index is 0.336. The Labute approximate surface area is 101 Å². The molecule has 0 spiro atoms. The third kappa shape index (κ3) is 3.20. The molecule has 3 N–H and O–H groups in total. The van der Waals surface area contributed by atoms with Crippen LogP contribution in [-0.4, -0.2) is 30.2 Å². The molecule has 0 saturated carbocycles. The molecule has 0 aromatic heterocycles. The van der Waals surface area contributed by atoms with Gasteiger partial charge in [-0.3, -0.25) is 0 Å². The van der Waals surface area contributed by atoms with E-state index in [1.807, 2.05) is 12.1 Å². The summed E-state index contributed by atoms with van der Waals surface area (Å²) in [6.07, 6.45) is 3.64. The van der Waals surface area contributed by atoms with Crippen LogP contribution in [0.1, 0.15) is 29.6 Å². The Morgan fingerprint density at radius 3 is 2.94 bits per heavy atom. The van der Waals surface area contributed by atoms with Gasteiger partial charge in [-0.15, -0.1) is 0 Å². The second-order valence-corrected chi connectivity index (χ2v) is 4.38. The molecule has 1 fully saturated rings. The normalized spacial score (nSPS) is 19.9. The number of hydrogen-bond acceptors (Lipinski definition) is 3. The lowest BCUT2D eigenvalue weighted by Gasteiger charge is -2.24. The smallest absolute Gasteiger partial charge is 0.337 e. The summed E-state index contributed by atoms with van der Waals surface area (Å²) in [6, 6.07) is 7.48. The molecule has 1 heterocycles. The van der Waals surface area contributed by atoms with Gasteiger partial charge < -0.3 is 15.7 Å². The van der Waals surface area contributed by atoms with Crippen LogP contribution in [-0.2, 0) is 0 Å². The van der Waals surface area contributed by atoms with Crippen LogP contribution in [0.5, 0.6) is 0 Å². The summed E-state index contributed by atoms with van der Waals surface area (Å²) in [6.45, 7) is 1.84. The second-order valence-electron chi connectivity index (χ2n) is 4.38. The van der Waals surface area contributed by atoms with Gasteiger partial charge in [0.05, 0.1) is 5.56 Å². The number of anilines is 1. The molecule has 1 unspecified atom stereocenters. The molecular formula is C13H18N2O2. The fourth-order valence-corrected chi connectivity index (χ4v) is 2.16. The van der Waals surface area contributed by atoms with E-state index in [-0.39, 0.29) is 0 Å². The number of para-hydroxylation sites is 1. The van der Waals surface area contributed by atoms with Crippen molar-refractivity contribution in [1.29, 1.82) is 0 Å². The second kappa shape index (κ2) is 5.68. The highest BCUT2D eigenvalue weighted by Gasteiger charge is 2.14. The molecule has 4 nitrogen and oxygen atoms in total. The SMILES string of the molecule is O=C(O)c1ccccc1NCC1CCCCN1. The number of carboxylic acid groups (broad SMARTS) is 1. The molecule has 92 valence electrons. The van der Waals surface area contributed by atoms with Crippen LogP contribution >= 0.6 is 0 Å². The first-order valence-corrected chi connectivity index (χ1v) is 6.07. The molecule has 0 aliphatic carbocycles. The first-order valence-electron chi connectivity index (χ1n) is 6.07. The van der Waals surface area contributed by atoms with Gasteiger partial charge in [0.1, 0.15) is 0 Å². The number of rotatable bonds is 4. The molecular weight excluding hydrogens is 216 g/mol. The van der Waals surface area contributed by atoms with Gasteiger partial charge in [-0.25, -0.2) is 4.79 Å². The predicted molar refractivity (Wildman–Crippen MR) is 67.5 cm³/mol. The fraction of sp³-hybridized carbons (Fsp3) is 0.462. The summed E-state index contributed by atoms with van der Waals surface area (Å²) in [5.74, 6) is -0.885. The zero-order valence-electron chi connectivity index (χ0n) is 9.78. The zero-order valence-corrected chi connectivity index (χ0v) is 9.78. The average molecular weight is 234 g/mol. The third-order valence-electron chi connectivity index (χ3n) is 3.11. The van der Waals surface area contributed by atoms with Gasteiger partial charge in [0.2, 0.25) is 0 Å². The van der Waals surface area contributed by atoms with Crippen LogP contribution in [0.3, 0.4) is 0 Å². The van der Waals surface area contributed by atoms with Gasteiger partial charge in [0.25, 0.3) is 0 Å². The molecule has 0 radical (unpaired) electrons. The third-order valence-corrected chi connectivity index (χ3v) is 3.11. The van der Waals surface area contributed by atoms with Crippen molar-refractivity contribution >= 4 is 11.7 Å². The van der Waals surface area contributed by atoms with Crippen LogP contribution in [0.15, 0.2) is 24.3 Å². The summed E-state index contributed by atoms with van der Waals surface area (Å²) < 4.78 is 0. The molecule has 1 atom stereocenters. The van der Waals surface area contributed by atoms with E-state index in [0.29, 0.717) is 17.3 Å². The lowest BCUT2D eigenvalue weighted by atomic mass is 10.0. The van der Waals surface area contributed by atoms with Gasteiger partial charge in [-0.1, -0.05) is 18.6 Å². The largest absolute Gasteiger partial charge is 0.478 e. The number of piperidine rings is 1. The minimum Gasteiger partial charge on any atom is -0.478 e. The Morgan fingerprint density at radius 2 is 2.24 bits per heavy atom. The predicted octanol–water partition coefficient (Wildman–Crippen LogP) is 1.94. The summed E-state index contributed by atoms with van der Waals surface area (Å²) in [5, 5.41) is 15.7. The highest BCUT2D eigenvalue weighted by molar-refractivity contribution is 5.94. The summed E-state index contributed by atoms with van der Waals surface area (Å²) >= 11 is 0. The first kappa shape index (κ1) is 11.9. The number of benzene rings is 1. The zero-order chi connectivity index (χ0) is 12.1. The van der Waals surface area contributed by atoms with E-state index in [9.17, 15) is 4.79 Å². The Kier molecular flexibility index (Phi) is 3.98. The van der Waals surface area contributed by atoms with Crippen molar-refractivity contribution in [2.24, 2.45) is 0 Å². The fourth-order valence-electron chi connectivity index (χ4n) is 2.16. The molecule has 1 aromatic carbocycles. The van der Waals surface area contributed by atoms with Crippen molar-refractivity contribution in [1.82, 2.24) is 5.32 Å². The topological polar surface area (TPSA) is 61.4 Å². The van der Waals surface area contributed by atoms with Crippen molar-refractivity contribution in [3.8, 4) is 0 Å². The van der Waals surface area contributed by atoms with Crippen molar-refractivity contribution in [2.75, 3.05) is 18.4 Å². The molecule has 17 heavy (non-hydrogen) atoms. The molecule has 2 rings (SSSR count). The number of nitrogens with one attached hydrogen (secondary N) is 2. The van der Waals surface area contributed by atoms with Crippen LogP contribution in [0.2, 0.25) is 0 Å². The average Bonchev–Trinajstić information content (AvgIpc) is 2.38. The molecule has 0 amide bonds. The number of carboxylic acids is 1. The first-order chi connectivity index (χ1) is 8.27. The van der Waals surface area contributed by atoms with E-state index >= 15 is 0 Å². The van der Waals surface area contributed by atoms with Crippen LogP contribution < -0.4 is 10.6 Å². The standard InChI is InChI=1S/C13H18N2O2/c16-13(17)11-6-1-2-7-12(11)15-9-10-5-3-4-8-14-10/h1-2,6-7,10,14-15H,3-5,8-9H2,(H,16,17). The maximum absolute atomic E-state index is 11.0. The van der Waals surface area contributed by atoms with Crippen LogP contribution in [0.25, 0.3) is 0 Å². The van der Waals surface area contributed by atoms with E-state index in [1.54, 1.807) is 12.1 Å². The van der Waals surface area contributed by atoms with Crippen molar-refractivity contribution < 1.29 is 9.90 Å². The van der Waals surface area contributed by atoms with Crippen molar-refractivity contribution in [3.05, 3.63) is 29.8 Å². The lowest BCUT2D eigenvalue weighted by Crippen LogP contribution is -2.39. The molecule has 1 aliphatic rings. The number of hydrogen-bond donors (Lipinski definition) is 3. The monoisotopic (exact) mass is 234 g/mol. The van der Waals surface area contributed by atoms with E-state index in [1.165, 1.54) is 12.8 Å². The molecule has 0 bridgehead atoms. The van der Waals surface area contributed by atoms with E-state index in [0.717, 1.165) is 19.5 Å². The molecule has 1 aliphatic heterocycles. The van der Waals surface area contributed by atoms with E-state index < -0.39 is 5.97 Å². The minimum atomic E-state index is -0.885. The number of carbonyl (C=O) groups is 1. The van der Waals surface area contributed by atoms with Gasteiger partial charge in [0.15, 0.2) is 0 Å². The van der Waals surface area contributed by atoms with Gasteiger partial charge >= 0.3 is 5.97 Å². The summed E-state index contributed by atoms with van der Waals surface area (Å²) in [5.41, 5.74) is 1.04. The maximum atomic E-state index is 11.0. The Morgan fingerprint density at radius 1 is 1.41 bits per heavy atom. The van der Waals surface area contributed by atoms with Crippen LogP contribution in [0.4, 0.5) is 5.69 Å². The Bertz CT molecular complexity index is 387. The van der Waals surface area contributed by atoms with Gasteiger partial charge in [0, 0.05) is 18.3 Å². The lowest BCUT2D eigenvalue weighted by molar-refractivity contribution is 0.0698.